The topological polar surface area (TPSA) is 272 Å². The molecule has 75 heavy (non-hydrogen) atoms. The number of ether oxygens (including phenoxy) is 6. The van der Waals surface area contributed by atoms with Gasteiger partial charge in [0.2, 0.25) is 5.96 Å². The van der Waals surface area contributed by atoms with Gasteiger partial charge in [0.25, 0.3) is 0 Å². The molecule has 0 spiro atoms. The molecular formula is C53H65N5O16S. The zero-order valence-electron chi connectivity index (χ0n) is 44.0. The van der Waals surface area contributed by atoms with E-state index in [1.807, 2.05) is 0 Å². The van der Waals surface area contributed by atoms with Crippen molar-refractivity contribution in [2.45, 2.75) is 138 Å². The highest BCUT2D eigenvalue weighted by molar-refractivity contribution is 7.87. The van der Waals surface area contributed by atoms with Gasteiger partial charge in [-0.05, 0) is 148 Å². The third-order valence-electron chi connectivity index (χ3n) is 9.36. The molecule has 0 heterocycles. The van der Waals surface area contributed by atoms with Crippen LogP contribution >= 0.6 is 0 Å². The summed E-state index contributed by atoms with van der Waals surface area (Å²) < 4.78 is 64.3. The first-order chi connectivity index (χ1) is 34.7. The molecule has 0 aliphatic carbocycles. The third kappa shape index (κ3) is 20.5. The number of benzene rings is 4. The highest BCUT2D eigenvalue weighted by Crippen LogP contribution is 2.27. The number of rotatable bonds is 16. The van der Waals surface area contributed by atoms with Crippen LogP contribution in [0.4, 0.5) is 20.1 Å². The Labute approximate surface area is 436 Å². The van der Waals surface area contributed by atoms with Crippen LogP contribution in [0.25, 0.3) is 0 Å². The van der Waals surface area contributed by atoms with Gasteiger partial charge in [0.15, 0.2) is 0 Å². The lowest BCUT2D eigenvalue weighted by Gasteiger charge is -2.35. The van der Waals surface area contributed by atoms with Crippen LogP contribution in [0.1, 0.15) is 127 Å². The quantitative estimate of drug-likeness (QED) is 0.0310. The van der Waals surface area contributed by atoms with Gasteiger partial charge in [0, 0.05) is 12.2 Å². The van der Waals surface area contributed by atoms with Crippen LogP contribution < -0.4 is 15.4 Å². The predicted molar refractivity (Wildman–Crippen MR) is 275 cm³/mol. The van der Waals surface area contributed by atoms with Crippen LogP contribution in [0.15, 0.2) is 108 Å². The van der Waals surface area contributed by atoms with Crippen molar-refractivity contribution < 1.29 is 75.5 Å². The predicted octanol–water partition coefficient (Wildman–Crippen LogP) is 9.16. The number of guanidine groups is 1. The molecule has 1 atom stereocenters. The van der Waals surface area contributed by atoms with E-state index < -0.39 is 100 Å². The minimum Gasteiger partial charge on any atom is -0.478 e. The maximum Gasteiger partial charge on any atom is 0.437 e. The number of hydrogen-bond acceptors (Lipinski definition) is 15. The van der Waals surface area contributed by atoms with Crippen molar-refractivity contribution >= 4 is 64.0 Å². The summed E-state index contributed by atoms with van der Waals surface area (Å²) in [6, 6.07) is 22.7. The smallest absolute Gasteiger partial charge is 0.437 e. The normalized spacial score (nSPS) is 12.6. The van der Waals surface area contributed by atoms with Crippen molar-refractivity contribution in [2.75, 3.05) is 5.32 Å². The lowest BCUT2D eigenvalue weighted by Crippen LogP contribution is -2.54. The van der Waals surface area contributed by atoms with Crippen molar-refractivity contribution in [1.82, 2.24) is 13.9 Å². The monoisotopic (exact) mass is 1060 g/mol. The van der Waals surface area contributed by atoms with Gasteiger partial charge in [0.1, 0.15) is 40.8 Å². The number of alkyl carbamates (subject to hydrolysis) is 1. The molecule has 4 aromatic carbocycles. The summed E-state index contributed by atoms with van der Waals surface area (Å²) in [7, 11) is -5.30. The van der Waals surface area contributed by atoms with Crippen LogP contribution in [0.3, 0.4) is 0 Å². The summed E-state index contributed by atoms with van der Waals surface area (Å²) >= 11 is 0. The molecule has 0 aliphatic rings. The number of nitrogens with zero attached hydrogens (tertiary/aromatic N) is 3. The fourth-order valence-corrected chi connectivity index (χ4v) is 7.99. The minimum atomic E-state index is -5.30. The van der Waals surface area contributed by atoms with Crippen LogP contribution in [-0.2, 0) is 63.2 Å². The molecule has 22 heteroatoms. The number of hydrogen-bond donors (Lipinski definition) is 3. The number of carboxylic acids is 1. The SMILES string of the molecule is CC(C)(C)OC(=O)CC(C(=O)OC(C)(C)C)N(Cc1cccc(C(=O)O)c1)S(=O)(=O)N(Cc1ccc(OC(=O)c2ccc(NC(=NC(=O)OC(C)(C)C)NC(=O)OC(C)(C)C)cc2)cc1)C(=O)OCc1ccccc1. The molecule has 4 rings (SSSR count). The third-order valence-corrected chi connectivity index (χ3v) is 11.2. The summed E-state index contributed by atoms with van der Waals surface area (Å²) in [6.07, 6.45) is -4.19. The molecule has 4 aromatic rings. The van der Waals surface area contributed by atoms with E-state index >= 15 is 8.42 Å². The Balaban J connectivity index is 1.69. The molecule has 404 valence electrons. The number of aliphatic imine (C=N–C) groups is 1. The van der Waals surface area contributed by atoms with E-state index in [0.29, 0.717) is 14.2 Å². The number of esters is 3. The highest BCUT2D eigenvalue weighted by atomic mass is 32.2. The highest BCUT2D eigenvalue weighted by Gasteiger charge is 2.45. The molecular weight excluding hydrogens is 995 g/mol. The van der Waals surface area contributed by atoms with Gasteiger partial charge >= 0.3 is 52.4 Å². The zero-order chi connectivity index (χ0) is 56.1. The average Bonchev–Trinajstić information content (AvgIpc) is 3.27. The molecule has 0 bridgehead atoms. The van der Waals surface area contributed by atoms with Crippen LogP contribution in [0, 0.1) is 0 Å². The molecule has 21 nitrogen and oxygen atoms in total. The van der Waals surface area contributed by atoms with Gasteiger partial charge in [0.05, 0.1) is 24.1 Å². The van der Waals surface area contributed by atoms with Crippen LogP contribution in [0.5, 0.6) is 5.75 Å². The molecule has 0 saturated heterocycles. The lowest BCUT2D eigenvalue weighted by molar-refractivity contribution is -0.167. The Kier molecular flexibility index (Phi) is 19.8. The molecule has 1 unspecified atom stereocenters. The number of anilines is 1. The van der Waals surface area contributed by atoms with E-state index in [1.165, 1.54) is 93.6 Å². The summed E-state index contributed by atoms with van der Waals surface area (Å²) in [5, 5.41) is 14.9. The second-order valence-corrected chi connectivity index (χ2v) is 22.6. The van der Waals surface area contributed by atoms with Crippen molar-refractivity contribution in [2.24, 2.45) is 4.99 Å². The number of carboxylic acid groups (broad SMARTS) is 1. The maximum atomic E-state index is 15.3. The van der Waals surface area contributed by atoms with Crippen LogP contribution in [-0.4, -0.2) is 98.7 Å². The first-order valence-corrected chi connectivity index (χ1v) is 24.8. The number of carbonyl (C=O) groups is 7. The van der Waals surface area contributed by atoms with Gasteiger partial charge in [-0.25, -0.2) is 24.0 Å². The number of carbonyl (C=O) groups excluding carboxylic acids is 6. The Bertz CT molecular complexity index is 2830. The van der Waals surface area contributed by atoms with Gasteiger partial charge in [-0.3, -0.25) is 14.9 Å². The molecule has 0 aromatic heterocycles. The fourth-order valence-electron chi connectivity index (χ4n) is 6.39. The van der Waals surface area contributed by atoms with Gasteiger partial charge in [-0.15, -0.1) is 4.99 Å². The van der Waals surface area contributed by atoms with Gasteiger partial charge in [-0.2, -0.15) is 17.0 Å². The largest absolute Gasteiger partial charge is 0.478 e. The van der Waals surface area contributed by atoms with Crippen molar-refractivity contribution in [3.05, 3.63) is 131 Å². The van der Waals surface area contributed by atoms with E-state index in [0.717, 1.165) is 0 Å². The summed E-state index contributed by atoms with van der Waals surface area (Å²) in [5.74, 6) is -4.64. The molecule has 0 aliphatic heterocycles. The second kappa shape index (κ2) is 24.9. The Morgan fingerprint density at radius 2 is 1.20 bits per heavy atom. The first-order valence-electron chi connectivity index (χ1n) is 23.4. The zero-order valence-corrected chi connectivity index (χ0v) is 44.9. The average molecular weight is 1060 g/mol. The minimum absolute atomic E-state index is 0.00245. The summed E-state index contributed by atoms with van der Waals surface area (Å²) in [5.41, 5.74) is -3.17. The molecule has 3 N–H and O–H groups in total. The number of amides is 3. The molecule has 0 fully saturated rings. The lowest BCUT2D eigenvalue weighted by atomic mass is 10.1. The fraction of sp³-hybridized carbons (Fsp3) is 0.396. The Morgan fingerprint density at radius 1 is 0.627 bits per heavy atom. The van der Waals surface area contributed by atoms with E-state index in [-0.39, 0.29) is 46.3 Å². The van der Waals surface area contributed by atoms with Gasteiger partial charge in [-0.1, -0.05) is 54.6 Å². The van der Waals surface area contributed by atoms with E-state index in [1.54, 1.807) is 92.6 Å². The van der Waals surface area contributed by atoms with E-state index in [4.69, 9.17) is 28.4 Å². The molecule has 3 amide bonds. The van der Waals surface area contributed by atoms with E-state index in [2.05, 4.69) is 15.6 Å². The van der Waals surface area contributed by atoms with Crippen molar-refractivity contribution in [3.8, 4) is 5.75 Å². The summed E-state index contributed by atoms with van der Waals surface area (Å²) in [4.78, 5) is 96.2. The Hall–Kier alpha value is -7.85. The Morgan fingerprint density at radius 3 is 1.76 bits per heavy atom. The van der Waals surface area contributed by atoms with Crippen LogP contribution in [0.2, 0.25) is 0 Å². The van der Waals surface area contributed by atoms with Gasteiger partial charge < -0.3 is 38.8 Å². The molecule has 0 saturated carbocycles. The van der Waals surface area contributed by atoms with Crippen molar-refractivity contribution in [1.29, 1.82) is 0 Å². The number of nitrogens with one attached hydrogen (secondary N) is 2. The standard InChI is InChI=1S/C53H65N5O16S/c1-50(2,3)71-42(59)30-41(45(63)72-51(4,5)6)57(32-36-19-16-20-38(29-36)43(60)61)75(67,68)58(49(66)69-33-35-17-14-13-15-18-35)31-34-21-27-40(28-22-34)70-44(62)37-23-25-39(26-24-37)54-46(55-47(64)73-52(7,8)9)56-48(65)74-53(10,11)12/h13-29,41H,30-33H2,1-12H3,(H,60,61)(H2,54,55,56,64,65). The first kappa shape index (κ1) is 59.7. The number of aromatic carboxylic acids is 1. The second-order valence-electron chi connectivity index (χ2n) is 20.7. The summed E-state index contributed by atoms with van der Waals surface area (Å²) in [6.45, 7) is 17.3. The maximum absolute atomic E-state index is 15.3. The molecule has 0 radical (unpaired) electrons. The van der Waals surface area contributed by atoms with Crippen molar-refractivity contribution in [3.63, 3.8) is 0 Å². The van der Waals surface area contributed by atoms with E-state index in [9.17, 15) is 38.7 Å².